The number of nitrogens with zero attached hydrogens (tertiary/aromatic N) is 3. The van der Waals surface area contributed by atoms with E-state index in [0.717, 1.165) is 33.7 Å². The molecular weight excluding hydrogens is 300 g/mol. The summed E-state index contributed by atoms with van der Waals surface area (Å²) in [6.07, 6.45) is 5.27. The number of aromatic nitrogens is 2. The molecule has 0 aliphatic heterocycles. The maximum Gasteiger partial charge on any atom is 0.133 e. The molecule has 3 rings (SSSR count). The molecule has 0 radical (unpaired) electrons. The summed E-state index contributed by atoms with van der Waals surface area (Å²) >= 11 is 0. The predicted molar refractivity (Wildman–Crippen MR) is 97.4 cm³/mol. The highest BCUT2D eigenvalue weighted by Gasteiger charge is 2.12. The van der Waals surface area contributed by atoms with E-state index in [0.29, 0.717) is 5.82 Å². The van der Waals surface area contributed by atoms with Crippen LogP contribution in [0.2, 0.25) is 0 Å². The van der Waals surface area contributed by atoms with Crippen LogP contribution in [0.15, 0.2) is 59.9 Å². The number of methoxy groups -OCH3 is 1. The molecule has 0 saturated carbocycles. The second kappa shape index (κ2) is 6.91. The molecule has 3 aromatic rings. The Morgan fingerprint density at radius 3 is 2.54 bits per heavy atom. The molecule has 0 amide bonds. The number of nitrogens with two attached hydrogens (primary N) is 1. The second-order valence-electron chi connectivity index (χ2n) is 5.21. The molecule has 5 heteroatoms. The van der Waals surface area contributed by atoms with Crippen LogP contribution < -0.4 is 10.5 Å². The van der Waals surface area contributed by atoms with Crippen LogP contribution >= 0.6 is 0 Å². The molecule has 2 heterocycles. The number of hydrogen-bond acceptors (Lipinski definition) is 5. The van der Waals surface area contributed by atoms with Gasteiger partial charge >= 0.3 is 0 Å². The summed E-state index contributed by atoms with van der Waals surface area (Å²) in [4.78, 5) is 12.8. The van der Waals surface area contributed by atoms with Crippen molar-refractivity contribution in [2.45, 2.75) is 0 Å². The average molecular weight is 318 g/mol. The van der Waals surface area contributed by atoms with E-state index in [2.05, 4.69) is 15.0 Å². The van der Waals surface area contributed by atoms with Crippen molar-refractivity contribution in [2.24, 2.45) is 4.99 Å². The Kier molecular flexibility index (Phi) is 4.52. The molecule has 5 nitrogen and oxygen atoms in total. The monoisotopic (exact) mass is 318 g/mol. The van der Waals surface area contributed by atoms with E-state index in [1.807, 2.05) is 42.5 Å². The minimum Gasteiger partial charge on any atom is -0.497 e. The SMILES string of the molecule is CN=Cc1c(-c2cccnc2)cc(-c2ccc(OC)cc2)nc1N. The summed E-state index contributed by atoms with van der Waals surface area (Å²) in [5, 5.41) is 0. The summed E-state index contributed by atoms with van der Waals surface area (Å²) in [6.45, 7) is 0. The Morgan fingerprint density at radius 1 is 1.12 bits per heavy atom. The van der Waals surface area contributed by atoms with Crippen molar-refractivity contribution >= 4 is 12.0 Å². The number of pyridine rings is 2. The Labute approximate surface area is 140 Å². The van der Waals surface area contributed by atoms with Gasteiger partial charge in [0.15, 0.2) is 0 Å². The summed E-state index contributed by atoms with van der Waals surface area (Å²) in [5.74, 6) is 1.24. The van der Waals surface area contributed by atoms with Gasteiger partial charge in [-0.1, -0.05) is 6.07 Å². The molecule has 0 fully saturated rings. The van der Waals surface area contributed by atoms with E-state index in [1.54, 1.807) is 32.8 Å². The van der Waals surface area contributed by atoms with Crippen molar-refractivity contribution < 1.29 is 4.74 Å². The van der Waals surface area contributed by atoms with E-state index in [9.17, 15) is 0 Å². The minimum atomic E-state index is 0.438. The molecule has 2 N–H and O–H groups in total. The first-order valence-electron chi connectivity index (χ1n) is 7.50. The summed E-state index contributed by atoms with van der Waals surface area (Å²) in [6, 6.07) is 13.6. The lowest BCUT2D eigenvalue weighted by Crippen LogP contribution is -2.02. The van der Waals surface area contributed by atoms with Gasteiger partial charge in [0.1, 0.15) is 11.6 Å². The lowest BCUT2D eigenvalue weighted by atomic mass is 9.99. The van der Waals surface area contributed by atoms with Gasteiger partial charge in [0.2, 0.25) is 0 Å². The second-order valence-corrected chi connectivity index (χ2v) is 5.21. The van der Waals surface area contributed by atoms with E-state index >= 15 is 0 Å². The summed E-state index contributed by atoms with van der Waals surface area (Å²) < 4.78 is 5.20. The Bertz CT molecular complexity index is 859. The molecule has 2 aromatic heterocycles. The first-order valence-corrected chi connectivity index (χ1v) is 7.50. The number of aliphatic imine (C=N–C) groups is 1. The van der Waals surface area contributed by atoms with Gasteiger partial charge in [0.25, 0.3) is 0 Å². The molecule has 0 bridgehead atoms. The van der Waals surface area contributed by atoms with Crippen molar-refractivity contribution in [1.29, 1.82) is 0 Å². The van der Waals surface area contributed by atoms with E-state index in [-0.39, 0.29) is 0 Å². The topological polar surface area (TPSA) is 73.4 Å². The fourth-order valence-electron chi connectivity index (χ4n) is 2.51. The summed E-state index contributed by atoms with van der Waals surface area (Å²) in [7, 11) is 3.36. The minimum absolute atomic E-state index is 0.438. The van der Waals surface area contributed by atoms with Crippen molar-refractivity contribution in [2.75, 3.05) is 19.9 Å². The molecular formula is C19H18N4O. The molecule has 0 spiro atoms. The zero-order valence-corrected chi connectivity index (χ0v) is 13.6. The highest BCUT2D eigenvalue weighted by atomic mass is 16.5. The predicted octanol–water partition coefficient (Wildman–Crippen LogP) is 3.45. The van der Waals surface area contributed by atoms with E-state index < -0.39 is 0 Å². The molecule has 120 valence electrons. The van der Waals surface area contributed by atoms with Crippen LogP contribution in [-0.2, 0) is 0 Å². The third kappa shape index (κ3) is 3.10. The van der Waals surface area contributed by atoms with Crippen LogP contribution in [0.5, 0.6) is 5.75 Å². The van der Waals surface area contributed by atoms with Gasteiger partial charge in [-0.2, -0.15) is 0 Å². The number of hydrogen-bond donors (Lipinski definition) is 1. The Morgan fingerprint density at radius 2 is 1.92 bits per heavy atom. The van der Waals surface area contributed by atoms with Gasteiger partial charge < -0.3 is 10.5 Å². The third-order valence-electron chi connectivity index (χ3n) is 3.70. The molecule has 0 aliphatic rings. The quantitative estimate of drug-likeness (QED) is 0.748. The van der Waals surface area contributed by atoms with Gasteiger partial charge in [0.05, 0.1) is 12.8 Å². The third-order valence-corrected chi connectivity index (χ3v) is 3.70. The highest BCUT2D eigenvalue weighted by molar-refractivity contribution is 5.96. The van der Waals surface area contributed by atoms with E-state index in [4.69, 9.17) is 10.5 Å². The van der Waals surface area contributed by atoms with Crippen molar-refractivity contribution in [3.63, 3.8) is 0 Å². The van der Waals surface area contributed by atoms with Crippen LogP contribution in [0.3, 0.4) is 0 Å². The van der Waals surface area contributed by atoms with Crippen LogP contribution in [0.25, 0.3) is 22.4 Å². The highest BCUT2D eigenvalue weighted by Crippen LogP contribution is 2.30. The normalized spacial score (nSPS) is 10.9. The summed E-state index contributed by atoms with van der Waals surface area (Å²) in [5.41, 5.74) is 10.7. The lowest BCUT2D eigenvalue weighted by molar-refractivity contribution is 0.415. The lowest BCUT2D eigenvalue weighted by Gasteiger charge is -2.12. The van der Waals surface area contributed by atoms with Gasteiger partial charge in [-0.15, -0.1) is 0 Å². The van der Waals surface area contributed by atoms with Gasteiger partial charge in [-0.3, -0.25) is 9.98 Å². The molecule has 0 aliphatic carbocycles. The van der Waals surface area contributed by atoms with E-state index in [1.165, 1.54) is 0 Å². The molecule has 1 aromatic carbocycles. The zero-order valence-electron chi connectivity index (χ0n) is 13.6. The van der Waals surface area contributed by atoms with Crippen LogP contribution in [-0.4, -0.2) is 30.3 Å². The maximum atomic E-state index is 6.19. The average Bonchev–Trinajstić information content (AvgIpc) is 2.64. The fourth-order valence-corrected chi connectivity index (χ4v) is 2.51. The largest absolute Gasteiger partial charge is 0.497 e. The zero-order chi connectivity index (χ0) is 16.9. The van der Waals surface area contributed by atoms with Gasteiger partial charge in [0, 0.05) is 42.3 Å². The number of nitrogen functional groups attached to an aromatic ring is 1. The number of anilines is 1. The first kappa shape index (κ1) is 15.7. The fraction of sp³-hybridized carbons (Fsp3) is 0.105. The first-order chi connectivity index (χ1) is 11.7. The Hall–Kier alpha value is -3.21. The standard InChI is InChI=1S/C19H18N4O/c1-21-12-17-16(14-4-3-9-22-11-14)10-18(23-19(17)20)13-5-7-15(24-2)8-6-13/h3-12H,1-2H3,(H2,20,23). The van der Waals surface area contributed by atoms with Crippen molar-refractivity contribution in [3.05, 3.63) is 60.4 Å². The number of ether oxygens (including phenoxy) is 1. The van der Waals surface area contributed by atoms with Gasteiger partial charge in [-0.05, 0) is 42.0 Å². The number of rotatable bonds is 4. The van der Waals surface area contributed by atoms with Crippen LogP contribution in [0.1, 0.15) is 5.56 Å². The number of benzene rings is 1. The smallest absolute Gasteiger partial charge is 0.133 e. The van der Waals surface area contributed by atoms with Gasteiger partial charge in [-0.25, -0.2) is 4.98 Å². The van der Waals surface area contributed by atoms with Crippen molar-refractivity contribution in [1.82, 2.24) is 9.97 Å². The maximum absolute atomic E-state index is 6.19. The van der Waals surface area contributed by atoms with Crippen LogP contribution in [0.4, 0.5) is 5.82 Å². The molecule has 0 saturated heterocycles. The molecule has 0 unspecified atom stereocenters. The molecule has 24 heavy (non-hydrogen) atoms. The Balaban J connectivity index is 2.17. The van der Waals surface area contributed by atoms with Crippen LogP contribution in [0, 0.1) is 0 Å². The van der Waals surface area contributed by atoms with Crippen molar-refractivity contribution in [3.8, 4) is 28.1 Å². The molecule has 0 atom stereocenters.